The molecule has 1 unspecified atom stereocenters. The third kappa shape index (κ3) is 8.19. The van der Waals surface area contributed by atoms with E-state index in [9.17, 15) is 14.7 Å². The number of hydrogen-bond acceptors (Lipinski definition) is 6. The first-order valence-electron chi connectivity index (χ1n) is 9.57. The molecule has 0 aliphatic heterocycles. The minimum Gasteiger partial charge on any atom is -0.496 e. The number of carboxylic acids is 1. The average molecular weight is 411 g/mol. The third-order valence-corrected chi connectivity index (χ3v) is 3.96. The van der Waals surface area contributed by atoms with Crippen molar-refractivity contribution in [3.63, 3.8) is 0 Å². The molecule has 1 aromatic rings. The summed E-state index contributed by atoms with van der Waals surface area (Å²) in [6, 6.07) is 5.07. The van der Waals surface area contributed by atoms with E-state index in [2.05, 4.69) is 5.32 Å². The Labute approximate surface area is 172 Å². The molecular formula is C21H33NO7. The van der Waals surface area contributed by atoms with Crippen LogP contribution in [0.15, 0.2) is 18.2 Å². The summed E-state index contributed by atoms with van der Waals surface area (Å²) >= 11 is 0. The van der Waals surface area contributed by atoms with Crippen molar-refractivity contribution in [3.8, 4) is 11.5 Å². The predicted molar refractivity (Wildman–Crippen MR) is 108 cm³/mol. The quantitative estimate of drug-likeness (QED) is 0.558. The van der Waals surface area contributed by atoms with Gasteiger partial charge in [0.05, 0.1) is 19.8 Å². The van der Waals surface area contributed by atoms with Crippen LogP contribution >= 0.6 is 0 Å². The van der Waals surface area contributed by atoms with Crippen LogP contribution in [-0.2, 0) is 14.3 Å². The maximum absolute atomic E-state index is 12.4. The zero-order valence-corrected chi connectivity index (χ0v) is 18.3. The van der Waals surface area contributed by atoms with Crippen LogP contribution in [0.3, 0.4) is 0 Å². The first kappa shape index (κ1) is 24.6. The van der Waals surface area contributed by atoms with E-state index in [0.29, 0.717) is 29.4 Å². The number of ether oxygens (including phenoxy) is 4. The lowest BCUT2D eigenvalue weighted by molar-refractivity contribution is -0.157. The molecule has 0 radical (unpaired) electrons. The Bertz CT molecular complexity index is 660. The van der Waals surface area contributed by atoms with E-state index < -0.39 is 30.0 Å². The van der Waals surface area contributed by atoms with Gasteiger partial charge < -0.3 is 24.1 Å². The summed E-state index contributed by atoms with van der Waals surface area (Å²) in [4.78, 5) is 24.2. The molecule has 8 nitrogen and oxygen atoms in total. The highest BCUT2D eigenvalue weighted by molar-refractivity contribution is 5.72. The van der Waals surface area contributed by atoms with Crippen molar-refractivity contribution in [2.24, 2.45) is 5.92 Å². The van der Waals surface area contributed by atoms with E-state index in [1.54, 1.807) is 39.0 Å². The van der Waals surface area contributed by atoms with Crippen LogP contribution < -0.4 is 14.8 Å². The van der Waals surface area contributed by atoms with Gasteiger partial charge in [0, 0.05) is 0 Å². The fourth-order valence-corrected chi connectivity index (χ4v) is 2.63. The Morgan fingerprint density at radius 2 is 1.62 bits per heavy atom. The van der Waals surface area contributed by atoms with Crippen molar-refractivity contribution >= 4 is 12.1 Å². The minimum atomic E-state index is -1.15. The van der Waals surface area contributed by atoms with Crippen LogP contribution in [0.25, 0.3) is 0 Å². The number of aliphatic carboxylic acids is 1. The van der Waals surface area contributed by atoms with Gasteiger partial charge in [-0.25, -0.2) is 9.59 Å². The van der Waals surface area contributed by atoms with Gasteiger partial charge in [-0.05, 0) is 51.7 Å². The lowest BCUT2D eigenvalue weighted by Crippen LogP contribution is -2.39. The average Bonchev–Trinajstić information content (AvgIpc) is 2.61. The van der Waals surface area contributed by atoms with Gasteiger partial charge in [0.25, 0.3) is 0 Å². The standard InChI is InChI=1S/C21H33NO7/c1-13(2)11-12-16(19(23)24)28-18(22-20(25)29-21(3,4)5)17-14(26-6)9-8-10-15(17)27-7/h8-10,13,16,18H,11-12H2,1-7H3,(H,22,25)(H,23,24)/t16-,18?/m1/s1. The van der Waals surface area contributed by atoms with Crippen molar-refractivity contribution < 1.29 is 33.6 Å². The number of carbonyl (C=O) groups is 2. The highest BCUT2D eigenvalue weighted by atomic mass is 16.6. The Kier molecular flexibility index (Phi) is 9.23. The van der Waals surface area contributed by atoms with Gasteiger partial charge >= 0.3 is 12.1 Å². The third-order valence-electron chi connectivity index (χ3n) is 3.96. The molecule has 0 heterocycles. The Balaban J connectivity index is 3.28. The van der Waals surface area contributed by atoms with Gasteiger partial charge in [0.2, 0.25) is 0 Å². The van der Waals surface area contributed by atoms with E-state index in [0.717, 1.165) is 0 Å². The maximum Gasteiger partial charge on any atom is 0.409 e. The number of amides is 1. The second-order valence-electron chi connectivity index (χ2n) is 8.04. The molecular weight excluding hydrogens is 378 g/mol. The summed E-state index contributed by atoms with van der Waals surface area (Å²) in [7, 11) is 2.94. The number of alkyl carbamates (subject to hydrolysis) is 1. The molecule has 0 saturated heterocycles. The second-order valence-corrected chi connectivity index (χ2v) is 8.04. The van der Waals surface area contributed by atoms with Gasteiger partial charge in [-0.1, -0.05) is 19.9 Å². The van der Waals surface area contributed by atoms with E-state index in [1.165, 1.54) is 14.2 Å². The van der Waals surface area contributed by atoms with Crippen LogP contribution in [0.2, 0.25) is 0 Å². The summed E-state index contributed by atoms with van der Waals surface area (Å²) in [5, 5.41) is 12.2. The molecule has 0 saturated carbocycles. The number of carboxylic acid groups (broad SMARTS) is 1. The molecule has 0 fully saturated rings. The Morgan fingerprint density at radius 3 is 2.03 bits per heavy atom. The minimum absolute atomic E-state index is 0.289. The molecule has 29 heavy (non-hydrogen) atoms. The number of hydrogen-bond donors (Lipinski definition) is 2. The van der Waals surface area contributed by atoms with Gasteiger partial charge in [-0.2, -0.15) is 0 Å². The van der Waals surface area contributed by atoms with E-state index in [1.807, 2.05) is 13.8 Å². The van der Waals surface area contributed by atoms with Gasteiger partial charge in [0.15, 0.2) is 12.3 Å². The summed E-state index contributed by atoms with van der Waals surface area (Å²) in [5.74, 6) is -0.0363. The summed E-state index contributed by atoms with van der Waals surface area (Å²) in [5.41, 5.74) is -0.359. The van der Waals surface area contributed by atoms with E-state index in [-0.39, 0.29) is 6.42 Å². The first-order chi connectivity index (χ1) is 13.5. The second kappa shape index (κ2) is 10.9. The highest BCUT2D eigenvalue weighted by Gasteiger charge is 2.31. The lowest BCUT2D eigenvalue weighted by atomic mass is 10.0. The van der Waals surface area contributed by atoms with Crippen LogP contribution in [0, 0.1) is 5.92 Å². The number of methoxy groups -OCH3 is 2. The molecule has 2 N–H and O–H groups in total. The van der Waals surface area contributed by atoms with Crippen LogP contribution in [-0.4, -0.2) is 43.1 Å². The number of benzene rings is 1. The zero-order valence-electron chi connectivity index (χ0n) is 18.3. The first-order valence-corrected chi connectivity index (χ1v) is 9.57. The Morgan fingerprint density at radius 1 is 1.07 bits per heavy atom. The highest BCUT2D eigenvalue weighted by Crippen LogP contribution is 2.36. The van der Waals surface area contributed by atoms with Crippen molar-refractivity contribution in [1.29, 1.82) is 0 Å². The van der Waals surface area contributed by atoms with E-state index >= 15 is 0 Å². The molecule has 0 aromatic heterocycles. The number of carbonyl (C=O) groups excluding carboxylic acids is 1. The largest absolute Gasteiger partial charge is 0.496 e. The van der Waals surface area contributed by atoms with Crippen LogP contribution in [0.1, 0.15) is 59.3 Å². The van der Waals surface area contributed by atoms with E-state index in [4.69, 9.17) is 18.9 Å². The molecule has 0 spiro atoms. The molecule has 0 aliphatic carbocycles. The van der Waals surface area contributed by atoms with Gasteiger partial charge in [0.1, 0.15) is 17.1 Å². The maximum atomic E-state index is 12.4. The SMILES string of the molecule is COc1cccc(OC)c1C(NC(=O)OC(C)(C)C)O[C@H](CCC(C)C)C(=O)O. The lowest BCUT2D eigenvalue weighted by Gasteiger charge is -2.28. The number of rotatable bonds is 10. The zero-order chi connectivity index (χ0) is 22.2. The Hall–Kier alpha value is -2.48. The summed E-state index contributed by atoms with van der Waals surface area (Å²) < 4.78 is 21.9. The molecule has 1 rings (SSSR count). The fraction of sp³-hybridized carbons (Fsp3) is 0.619. The van der Waals surface area contributed by atoms with Crippen molar-refractivity contribution in [2.45, 2.75) is 65.4 Å². The molecule has 164 valence electrons. The molecule has 0 bridgehead atoms. The smallest absolute Gasteiger partial charge is 0.409 e. The molecule has 0 aliphatic rings. The predicted octanol–water partition coefficient (Wildman–Crippen LogP) is 4.13. The molecule has 8 heteroatoms. The normalized spacial score (nSPS) is 13.5. The van der Waals surface area contributed by atoms with Crippen LogP contribution in [0.5, 0.6) is 11.5 Å². The summed E-state index contributed by atoms with van der Waals surface area (Å²) in [6.07, 6.45) is -2.09. The fourth-order valence-electron chi connectivity index (χ4n) is 2.63. The molecule has 1 amide bonds. The molecule has 1 aromatic carbocycles. The van der Waals surface area contributed by atoms with Crippen LogP contribution in [0.4, 0.5) is 4.79 Å². The van der Waals surface area contributed by atoms with Crippen molar-refractivity contribution in [1.82, 2.24) is 5.32 Å². The summed E-state index contributed by atoms with van der Waals surface area (Å²) in [6.45, 7) is 9.19. The molecule has 2 atom stereocenters. The van der Waals surface area contributed by atoms with Crippen molar-refractivity contribution in [2.75, 3.05) is 14.2 Å². The van der Waals surface area contributed by atoms with Gasteiger partial charge in [-0.3, -0.25) is 5.32 Å². The monoisotopic (exact) mass is 411 g/mol. The van der Waals surface area contributed by atoms with Gasteiger partial charge in [-0.15, -0.1) is 0 Å². The topological polar surface area (TPSA) is 103 Å². The van der Waals surface area contributed by atoms with Crippen molar-refractivity contribution in [3.05, 3.63) is 23.8 Å². The number of nitrogens with one attached hydrogen (secondary N) is 1.